The van der Waals surface area contributed by atoms with Crippen molar-refractivity contribution in [1.82, 2.24) is 0 Å². The Labute approximate surface area is 364 Å². The number of rotatable bonds is 41. The lowest BCUT2D eigenvalue weighted by molar-refractivity contribution is -0.161. The van der Waals surface area contributed by atoms with Crippen molar-refractivity contribution in [2.24, 2.45) is 0 Å². The topological polar surface area (TPSA) is 160 Å². The summed E-state index contributed by atoms with van der Waals surface area (Å²) in [7, 11) is -4.81. The van der Waals surface area contributed by atoms with Gasteiger partial charge in [0.1, 0.15) is 6.61 Å². The van der Waals surface area contributed by atoms with Crippen LogP contribution < -0.4 is 0 Å². The molecule has 60 heavy (non-hydrogen) atoms. The number of phosphoric acid groups is 1. The summed E-state index contributed by atoms with van der Waals surface area (Å²) in [5, 5.41) is 19.9. The monoisotopic (exact) mass is 863 g/mol. The van der Waals surface area contributed by atoms with Crippen molar-refractivity contribution >= 4 is 19.8 Å². The molecule has 0 aliphatic carbocycles. The summed E-state index contributed by atoms with van der Waals surface area (Å²) in [5.74, 6) is -1.07. The second-order valence-electron chi connectivity index (χ2n) is 15.4. The van der Waals surface area contributed by atoms with E-state index in [0.717, 1.165) is 25.7 Å². The average molecular weight is 863 g/mol. The molecular formula is C49H83O10P. The predicted octanol–water partition coefficient (Wildman–Crippen LogP) is 12.3. The number of carbonyl (C=O) groups is 2. The van der Waals surface area contributed by atoms with E-state index >= 15 is 0 Å². The van der Waals surface area contributed by atoms with Crippen LogP contribution in [-0.2, 0) is 28.2 Å². The quantitative estimate of drug-likeness (QED) is 0.0153. The lowest BCUT2D eigenvalue weighted by atomic mass is 10.0. The number of hydrogen-bond acceptors (Lipinski definition) is 8. The van der Waals surface area contributed by atoms with Gasteiger partial charge < -0.3 is 29.5 Å². The van der Waals surface area contributed by atoms with E-state index in [9.17, 15) is 24.4 Å². The van der Waals surface area contributed by atoms with Gasteiger partial charge in [-0.15, -0.1) is 0 Å². The van der Waals surface area contributed by atoms with Crippen molar-refractivity contribution < 1.29 is 48.2 Å². The van der Waals surface area contributed by atoms with Crippen LogP contribution in [0.15, 0.2) is 85.1 Å². The minimum Gasteiger partial charge on any atom is -0.462 e. The molecule has 3 atom stereocenters. The first kappa shape index (κ1) is 57.1. The van der Waals surface area contributed by atoms with E-state index in [0.29, 0.717) is 32.1 Å². The van der Waals surface area contributed by atoms with Crippen LogP contribution in [0.1, 0.15) is 181 Å². The van der Waals surface area contributed by atoms with Crippen molar-refractivity contribution in [1.29, 1.82) is 0 Å². The molecule has 0 saturated heterocycles. The number of aliphatic hydroxyl groups is 2. The molecule has 0 aromatic rings. The molecular weight excluding hydrogens is 780 g/mol. The number of carbonyl (C=O) groups excluding carboxylic acids is 2. The van der Waals surface area contributed by atoms with Crippen molar-refractivity contribution in [3.63, 3.8) is 0 Å². The fraction of sp³-hybridized carbons (Fsp3) is 0.673. The molecule has 0 fully saturated rings. The fourth-order valence-electron chi connectivity index (χ4n) is 6.11. The molecule has 0 saturated carbocycles. The van der Waals surface area contributed by atoms with E-state index in [4.69, 9.17) is 19.3 Å². The van der Waals surface area contributed by atoms with Crippen LogP contribution in [0.4, 0.5) is 0 Å². The van der Waals surface area contributed by atoms with E-state index in [1.807, 2.05) is 42.5 Å². The van der Waals surface area contributed by atoms with Gasteiger partial charge in [0.05, 0.1) is 18.8 Å². The molecule has 0 bridgehead atoms. The van der Waals surface area contributed by atoms with Gasteiger partial charge in [0.2, 0.25) is 0 Å². The molecule has 344 valence electrons. The van der Waals surface area contributed by atoms with Gasteiger partial charge in [-0.25, -0.2) is 4.57 Å². The van der Waals surface area contributed by atoms with Gasteiger partial charge in [-0.2, -0.15) is 0 Å². The summed E-state index contributed by atoms with van der Waals surface area (Å²) in [5.41, 5.74) is 0. The second kappa shape index (κ2) is 42.8. The number of allylic oxidation sites excluding steroid dienone is 10. The van der Waals surface area contributed by atoms with E-state index in [1.54, 1.807) is 30.4 Å². The zero-order valence-electron chi connectivity index (χ0n) is 37.3. The summed E-state index contributed by atoms with van der Waals surface area (Å²) in [4.78, 5) is 43.0. The molecule has 11 heteroatoms. The maximum atomic E-state index is 12.5. The van der Waals surface area contributed by atoms with Crippen LogP contribution in [0.25, 0.3) is 0 Å². The first-order chi connectivity index (χ1) is 29.1. The highest BCUT2D eigenvalue weighted by molar-refractivity contribution is 7.46. The smallest absolute Gasteiger partial charge is 0.462 e. The van der Waals surface area contributed by atoms with Crippen molar-refractivity contribution in [2.45, 2.75) is 199 Å². The molecule has 0 heterocycles. The Morgan fingerprint density at radius 3 is 1.67 bits per heavy atom. The number of hydrogen-bond donors (Lipinski definition) is 4. The molecule has 0 unspecified atom stereocenters. The van der Waals surface area contributed by atoms with Crippen LogP contribution in [-0.4, -0.2) is 63.5 Å². The molecule has 0 radical (unpaired) electrons. The summed E-state index contributed by atoms with van der Waals surface area (Å²) < 4.78 is 26.3. The highest BCUT2D eigenvalue weighted by Gasteiger charge is 2.23. The highest BCUT2D eigenvalue weighted by atomic mass is 31.2. The average Bonchev–Trinajstić information content (AvgIpc) is 3.21. The van der Waals surface area contributed by atoms with Gasteiger partial charge in [-0.3, -0.25) is 14.1 Å². The number of esters is 2. The van der Waals surface area contributed by atoms with Gasteiger partial charge in [0, 0.05) is 12.8 Å². The Kier molecular flexibility index (Phi) is 40.8. The highest BCUT2D eigenvalue weighted by Crippen LogP contribution is 2.36. The largest absolute Gasteiger partial charge is 0.469 e. The van der Waals surface area contributed by atoms with Crippen LogP contribution in [0.5, 0.6) is 0 Å². The standard InChI is InChI=1S/C49H83O10P/c1-3-5-7-8-9-10-11-12-13-14-15-16-17-18-19-20-21-22-26-29-35-42-49(53)59-47(44-58-60(54,55)56)43-57-48(52)41-36-30-34-40-46(51)39-33-28-25-23-24-27-32-38-45(50)37-31-6-4-2/h6,12-13,24-25,27-28,31-34,38-40,45-47,50-51H,3-5,7-11,14-23,26,29-30,35-37,41-44H2,1-2H3,(H2,54,55,56)/b13-12-,27-24-,28-25-,31-6-,38-32+,39-33+,40-34-/t45-,46-,47-/m1/s1. The first-order valence-corrected chi connectivity index (χ1v) is 24.6. The molecule has 10 nitrogen and oxygen atoms in total. The number of ether oxygens (including phenoxy) is 2. The Morgan fingerprint density at radius 1 is 0.550 bits per heavy atom. The third-order valence-electron chi connectivity index (χ3n) is 9.57. The van der Waals surface area contributed by atoms with Gasteiger partial charge in [0.25, 0.3) is 0 Å². The summed E-state index contributed by atoms with van der Waals surface area (Å²) >= 11 is 0. The summed E-state index contributed by atoms with van der Waals surface area (Å²) in [6.45, 7) is 3.34. The Hall–Kier alpha value is -2.85. The van der Waals surface area contributed by atoms with Gasteiger partial charge in [-0.1, -0.05) is 189 Å². The maximum Gasteiger partial charge on any atom is 0.469 e. The van der Waals surface area contributed by atoms with E-state index in [1.165, 1.54) is 96.3 Å². The first-order valence-electron chi connectivity index (χ1n) is 23.1. The Morgan fingerprint density at radius 2 is 1.08 bits per heavy atom. The number of aliphatic hydroxyl groups excluding tert-OH is 2. The normalized spacial score (nSPS) is 14.3. The third kappa shape index (κ3) is 44.7. The fourth-order valence-corrected chi connectivity index (χ4v) is 6.47. The zero-order valence-corrected chi connectivity index (χ0v) is 38.2. The molecule has 0 amide bonds. The molecule has 0 aromatic heterocycles. The predicted molar refractivity (Wildman–Crippen MR) is 246 cm³/mol. The van der Waals surface area contributed by atoms with Crippen LogP contribution in [0, 0.1) is 0 Å². The van der Waals surface area contributed by atoms with E-state index in [-0.39, 0.29) is 19.4 Å². The van der Waals surface area contributed by atoms with Gasteiger partial charge in [0.15, 0.2) is 6.10 Å². The van der Waals surface area contributed by atoms with E-state index < -0.39 is 44.7 Å². The van der Waals surface area contributed by atoms with Gasteiger partial charge >= 0.3 is 19.8 Å². The van der Waals surface area contributed by atoms with E-state index in [2.05, 4.69) is 30.5 Å². The van der Waals surface area contributed by atoms with Crippen LogP contribution in [0.3, 0.4) is 0 Å². The molecule has 4 N–H and O–H groups in total. The Bertz CT molecular complexity index is 1280. The van der Waals surface area contributed by atoms with Crippen molar-refractivity contribution in [2.75, 3.05) is 13.2 Å². The summed E-state index contributed by atoms with van der Waals surface area (Å²) in [6, 6.07) is 0. The van der Waals surface area contributed by atoms with Crippen molar-refractivity contribution in [3.8, 4) is 0 Å². The second-order valence-corrected chi connectivity index (χ2v) is 16.6. The van der Waals surface area contributed by atoms with Crippen molar-refractivity contribution in [3.05, 3.63) is 85.1 Å². The van der Waals surface area contributed by atoms with Gasteiger partial charge in [-0.05, 0) is 64.2 Å². The zero-order chi connectivity index (χ0) is 44.2. The number of phosphoric ester groups is 1. The molecule has 0 rings (SSSR count). The molecule has 0 aliphatic heterocycles. The Balaban J connectivity index is 4.10. The maximum absolute atomic E-state index is 12.5. The summed E-state index contributed by atoms with van der Waals surface area (Å²) in [6.07, 6.45) is 50.9. The van der Waals surface area contributed by atoms with Crippen LogP contribution in [0.2, 0.25) is 0 Å². The number of unbranched alkanes of at least 4 members (excludes halogenated alkanes) is 18. The minimum atomic E-state index is -4.81. The SMILES string of the molecule is CC/C=C\C[C@@H](O)/C=C/C=C\C/C=C\C=C\[C@@H](O)/C=C\CCCC(=O)OC[C@H](COP(=O)(O)O)OC(=O)CCCCCCCCCCCCC/C=C\CCCCCCCC. The lowest BCUT2D eigenvalue weighted by Gasteiger charge is -2.18. The lowest BCUT2D eigenvalue weighted by Crippen LogP contribution is -2.29. The molecule has 0 spiro atoms. The minimum absolute atomic E-state index is 0.0772. The molecule has 0 aromatic carbocycles. The molecule has 0 aliphatic rings. The third-order valence-corrected chi connectivity index (χ3v) is 10.1. The van der Waals surface area contributed by atoms with Crippen LogP contribution >= 0.6 is 7.82 Å².